The van der Waals surface area contributed by atoms with E-state index < -0.39 is 10.0 Å². The molecular formula is C19H24N2O4S. The molecule has 0 aliphatic carbocycles. The van der Waals surface area contributed by atoms with E-state index in [1.54, 1.807) is 19.2 Å². The van der Waals surface area contributed by atoms with Crippen molar-refractivity contribution in [1.82, 2.24) is 9.62 Å². The highest BCUT2D eigenvalue weighted by Crippen LogP contribution is 2.23. The predicted molar refractivity (Wildman–Crippen MR) is 101 cm³/mol. The van der Waals surface area contributed by atoms with Crippen molar-refractivity contribution in [3.63, 3.8) is 0 Å². The lowest BCUT2D eigenvalue weighted by atomic mass is 10.1. The van der Waals surface area contributed by atoms with Gasteiger partial charge in [-0.25, -0.2) is 13.1 Å². The molecule has 1 unspecified atom stereocenters. The molecule has 0 radical (unpaired) electrons. The van der Waals surface area contributed by atoms with Crippen LogP contribution in [0.1, 0.15) is 28.9 Å². The minimum atomic E-state index is -3.73. The molecule has 2 rings (SSSR count). The second-order valence-corrected chi connectivity index (χ2v) is 7.96. The molecule has 0 bridgehead atoms. The fourth-order valence-electron chi connectivity index (χ4n) is 2.60. The molecule has 0 saturated heterocycles. The first-order valence-corrected chi connectivity index (χ1v) is 9.64. The second kappa shape index (κ2) is 8.44. The molecule has 2 aromatic rings. The van der Waals surface area contributed by atoms with Gasteiger partial charge in [0, 0.05) is 18.2 Å². The van der Waals surface area contributed by atoms with Crippen LogP contribution in [0.5, 0.6) is 5.75 Å². The highest BCUT2D eigenvalue weighted by atomic mass is 32.2. The van der Waals surface area contributed by atoms with Crippen molar-refractivity contribution < 1.29 is 17.9 Å². The van der Waals surface area contributed by atoms with Crippen molar-refractivity contribution in [2.24, 2.45) is 0 Å². The summed E-state index contributed by atoms with van der Waals surface area (Å²) in [5, 5.41) is 0. The van der Waals surface area contributed by atoms with Gasteiger partial charge in [-0.15, -0.1) is 0 Å². The van der Waals surface area contributed by atoms with E-state index in [0.717, 1.165) is 5.56 Å². The maximum atomic E-state index is 12.6. The Morgan fingerprint density at radius 2 is 1.85 bits per heavy atom. The van der Waals surface area contributed by atoms with Crippen LogP contribution in [0, 0.1) is 0 Å². The number of benzene rings is 2. The number of carbonyl (C=O) groups excluding carboxylic acids is 1. The van der Waals surface area contributed by atoms with Gasteiger partial charge in [0.15, 0.2) is 5.78 Å². The number of nitrogens with zero attached hydrogens (tertiary/aromatic N) is 1. The minimum absolute atomic E-state index is 0.0772. The van der Waals surface area contributed by atoms with Crippen LogP contribution in [0.2, 0.25) is 0 Å². The number of sulfonamides is 1. The zero-order valence-electron chi connectivity index (χ0n) is 15.4. The van der Waals surface area contributed by atoms with Crippen molar-refractivity contribution in [2.75, 3.05) is 27.7 Å². The quantitative estimate of drug-likeness (QED) is 0.717. The van der Waals surface area contributed by atoms with Gasteiger partial charge >= 0.3 is 0 Å². The summed E-state index contributed by atoms with van der Waals surface area (Å²) >= 11 is 0. The van der Waals surface area contributed by atoms with Crippen molar-refractivity contribution >= 4 is 15.8 Å². The number of methoxy groups -OCH3 is 1. The van der Waals surface area contributed by atoms with Crippen LogP contribution >= 0.6 is 0 Å². The van der Waals surface area contributed by atoms with Crippen molar-refractivity contribution in [3.8, 4) is 5.75 Å². The fourth-order valence-corrected chi connectivity index (χ4v) is 3.69. The van der Waals surface area contributed by atoms with Gasteiger partial charge in [-0.3, -0.25) is 4.79 Å². The highest BCUT2D eigenvalue weighted by molar-refractivity contribution is 7.89. The average Bonchev–Trinajstić information content (AvgIpc) is 2.61. The maximum absolute atomic E-state index is 12.6. The lowest BCUT2D eigenvalue weighted by Crippen LogP contribution is -2.34. The Morgan fingerprint density at radius 1 is 1.15 bits per heavy atom. The van der Waals surface area contributed by atoms with E-state index in [9.17, 15) is 13.2 Å². The molecule has 140 valence electrons. The van der Waals surface area contributed by atoms with Crippen molar-refractivity contribution in [3.05, 3.63) is 59.7 Å². The molecule has 0 aromatic heterocycles. The van der Waals surface area contributed by atoms with E-state index in [-0.39, 0.29) is 23.3 Å². The van der Waals surface area contributed by atoms with Crippen LogP contribution in [-0.4, -0.2) is 46.9 Å². The number of carbonyl (C=O) groups is 1. The summed E-state index contributed by atoms with van der Waals surface area (Å²) in [6.45, 7) is 1.59. The molecule has 0 heterocycles. The molecule has 2 aromatic carbocycles. The van der Waals surface area contributed by atoms with Gasteiger partial charge < -0.3 is 9.64 Å². The zero-order valence-corrected chi connectivity index (χ0v) is 16.2. The van der Waals surface area contributed by atoms with Gasteiger partial charge in [-0.05, 0) is 50.8 Å². The van der Waals surface area contributed by atoms with Gasteiger partial charge in [0.05, 0.1) is 12.0 Å². The molecule has 0 saturated carbocycles. The summed E-state index contributed by atoms with van der Waals surface area (Å²) in [5.41, 5.74) is 1.30. The summed E-state index contributed by atoms with van der Waals surface area (Å²) in [6.07, 6.45) is 0. The average molecular weight is 376 g/mol. The van der Waals surface area contributed by atoms with Gasteiger partial charge in [-0.2, -0.15) is 0 Å². The highest BCUT2D eigenvalue weighted by Gasteiger charge is 2.20. The van der Waals surface area contributed by atoms with Crippen LogP contribution in [0.25, 0.3) is 0 Å². The van der Waals surface area contributed by atoms with E-state index >= 15 is 0 Å². The molecule has 0 amide bonds. The monoisotopic (exact) mass is 376 g/mol. The zero-order chi connectivity index (χ0) is 19.3. The van der Waals surface area contributed by atoms with Crippen LogP contribution in [0.4, 0.5) is 0 Å². The Kier molecular flexibility index (Phi) is 6.52. The Morgan fingerprint density at radius 3 is 2.46 bits per heavy atom. The minimum Gasteiger partial charge on any atom is -0.497 e. The SMILES string of the molecule is COc1cccc(C(CNS(=O)(=O)c2cccc(C(C)=O)c2)N(C)C)c1. The Bertz CT molecular complexity index is 879. The largest absolute Gasteiger partial charge is 0.497 e. The number of rotatable bonds is 8. The van der Waals surface area contributed by atoms with E-state index in [0.29, 0.717) is 11.3 Å². The van der Waals surface area contributed by atoms with Crippen molar-refractivity contribution in [2.45, 2.75) is 17.9 Å². The van der Waals surface area contributed by atoms with Crippen molar-refractivity contribution in [1.29, 1.82) is 0 Å². The molecule has 26 heavy (non-hydrogen) atoms. The summed E-state index contributed by atoms with van der Waals surface area (Å²) in [5.74, 6) is 0.538. The normalized spacial score (nSPS) is 12.8. The number of ketones is 1. The molecule has 1 N–H and O–H groups in total. The number of hydrogen-bond acceptors (Lipinski definition) is 5. The lowest BCUT2D eigenvalue weighted by molar-refractivity contribution is 0.101. The third-order valence-corrected chi connectivity index (χ3v) is 5.54. The number of ether oxygens (including phenoxy) is 1. The fraction of sp³-hybridized carbons (Fsp3) is 0.316. The molecule has 0 fully saturated rings. The topological polar surface area (TPSA) is 75.7 Å². The van der Waals surface area contributed by atoms with Gasteiger partial charge in [-0.1, -0.05) is 24.3 Å². The van der Waals surface area contributed by atoms with E-state index in [2.05, 4.69) is 4.72 Å². The second-order valence-electron chi connectivity index (χ2n) is 6.19. The molecule has 0 aliphatic heterocycles. The molecule has 0 spiro atoms. The number of nitrogens with one attached hydrogen (secondary N) is 1. The first-order valence-electron chi connectivity index (χ1n) is 8.15. The molecule has 6 nitrogen and oxygen atoms in total. The van der Waals surface area contributed by atoms with Gasteiger partial charge in [0.2, 0.25) is 10.0 Å². The van der Waals surface area contributed by atoms with Crippen LogP contribution in [0.15, 0.2) is 53.4 Å². The Labute approximate surface area is 154 Å². The molecule has 0 aliphatic rings. The summed E-state index contributed by atoms with van der Waals surface area (Å²) in [6, 6.07) is 13.4. The van der Waals surface area contributed by atoms with E-state index in [1.165, 1.54) is 19.1 Å². The van der Waals surface area contributed by atoms with Crippen LogP contribution in [-0.2, 0) is 10.0 Å². The van der Waals surface area contributed by atoms with Crippen LogP contribution in [0.3, 0.4) is 0 Å². The van der Waals surface area contributed by atoms with E-state index in [1.807, 2.05) is 43.3 Å². The smallest absolute Gasteiger partial charge is 0.240 e. The first-order chi connectivity index (χ1) is 12.2. The Balaban J connectivity index is 2.22. The lowest BCUT2D eigenvalue weighted by Gasteiger charge is -2.25. The number of likely N-dealkylation sites (N-methyl/N-ethyl adjacent to an activating group) is 1. The van der Waals surface area contributed by atoms with Gasteiger partial charge in [0.1, 0.15) is 5.75 Å². The predicted octanol–water partition coefficient (Wildman–Crippen LogP) is 2.48. The van der Waals surface area contributed by atoms with Crippen LogP contribution < -0.4 is 9.46 Å². The first kappa shape index (κ1) is 20.1. The maximum Gasteiger partial charge on any atom is 0.240 e. The molecular weight excluding hydrogens is 352 g/mol. The molecule has 1 atom stereocenters. The standard InChI is InChI=1S/C19H24N2O4S/c1-14(22)15-7-6-10-18(12-15)26(23,24)20-13-19(21(2)3)16-8-5-9-17(11-16)25-4/h5-12,19-20H,13H2,1-4H3. The summed E-state index contributed by atoms with van der Waals surface area (Å²) < 4.78 is 33.1. The molecule has 7 heteroatoms. The summed E-state index contributed by atoms with van der Waals surface area (Å²) in [4.78, 5) is 13.5. The van der Waals surface area contributed by atoms with Gasteiger partial charge in [0.25, 0.3) is 0 Å². The third-order valence-electron chi connectivity index (χ3n) is 4.12. The van der Waals surface area contributed by atoms with E-state index in [4.69, 9.17) is 4.74 Å². The number of Topliss-reactive ketones (excluding diaryl/α,β-unsaturated/α-hetero) is 1. The third kappa shape index (κ3) is 4.91. The number of hydrogen-bond donors (Lipinski definition) is 1. The Hall–Kier alpha value is -2.22. The summed E-state index contributed by atoms with van der Waals surface area (Å²) in [7, 11) is 1.63.